The van der Waals surface area contributed by atoms with E-state index < -0.39 is 5.79 Å². The Hall–Kier alpha value is -2.16. The van der Waals surface area contributed by atoms with E-state index in [1.54, 1.807) is 0 Å². The van der Waals surface area contributed by atoms with Crippen LogP contribution in [-0.2, 0) is 12.8 Å². The molecule has 4 rings (SSSR count). The third kappa shape index (κ3) is 2.33. The summed E-state index contributed by atoms with van der Waals surface area (Å²) >= 11 is 0. The Bertz CT molecular complexity index is 668. The summed E-state index contributed by atoms with van der Waals surface area (Å²) < 4.78 is 11.5. The second-order valence-electron chi connectivity index (χ2n) is 6.28. The molecular weight excluding hydrogens is 262 g/mol. The van der Waals surface area contributed by atoms with E-state index in [0.29, 0.717) is 6.04 Å². The van der Waals surface area contributed by atoms with Crippen LogP contribution in [0.25, 0.3) is 0 Å². The van der Waals surface area contributed by atoms with Gasteiger partial charge in [-0.05, 0) is 36.1 Å². The van der Waals surface area contributed by atoms with E-state index in [0.717, 1.165) is 30.0 Å². The van der Waals surface area contributed by atoms with Crippen LogP contribution in [-0.4, -0.2) is 11.8 Å². The molecule has 1 N–H and O–H groups in total. The van der Waals surface area contributed by atoms with Gasteiger partial charge in [-0.25, -0.2) is 0 Å². The molecule has 0 bridgehead atoms. The van der Waals surface area contributed by atoms with Crippen LogP contribution in [0.1, 0.15) is 25.0 Å². The zero-order valence-corrected chi connectivity index (χ0v) is 12.3. The molecule has 0 radical (unpaired) electrons. The number of ether oxygens (including phenoxy) is 2. The van der Waals surface area contributed by atoms with Crippen LogP contribution < -0.4 is 14.8 Å². The maximum Gasteiger partial charge on any atom is 0.246 e. The Morgan fingerprint density at radius 1 is 0.952 bits per heavy atom. The van der Waals surface area contributed by atoms with E-state index in [9.17, 15) is 0 Å². The van der Waals surface area contributed by atoms with Gasteiger partial charge in [-0.15, -0.1) is 0 Å². The quantitative estimate of drug-likeness (QED) is 0.909. The zero-order chi connectivity index (χ0) is 14.4. The molecule has 0 unspecified atom stereocenters. The fourth-order valence-corrected chi connectivity index (χ4v) is 3.21. The van der Waals surface area contributed by atoms with Gasteiger partial charge in [0.25, 0.3) is 0 Å². The van der Waals surface area contributed by atoms with Gasteiger partial charge in [0.1, 0.15) is 0 Å². The number of fused-ring (bicyclic) bond motifs is 2. The minimum atomic E-state index is -0.565. The number of anilines is 1. The molecule has 2 aromatic rings. The van der Waals surface area contributed by atoms with Gasteiger partial charge in [-0.1, -0.05) is 24.3 Å². The van der Waals surface area contributed by atoms with Crippen molar-refractivity contribution in [1.29, 1.82) is 0 Å². The summed E-state index contributed by atoms with van der Waals surface area (Å²) in [5.74, 6) is 1.07. The van der Waals surface area contributed by atoms with E-state index in [1.165, 1.54) is 11.1 Å². The molecule has 1 aliphatic heterocycles. The van der Waals surface area contributed by atoms with Crippen LogP contribution >= 0.6 is 0 Å². The Kier molecular flexibility index (Phi) is 2.64. The van der Waals surface area contributed by atoms with Gasteiger partial charge in [-0.3, -0.25) is 0 Å². The highest BCUT2D eigenvalue weighted by atomic mass is 16.7. The highest BCUT2D eigenvalue weighted by Gasteiger charge is 2.31. The summed E-state index contributed by atoms with van der Waals surface area (Å²) in [5.41, 5.74) is 4.00. The van der Waals surface area contributed by atoms with Crippen molar-refractivity contribution in [1.82, 2.24) is 0 Å². The average molecular weight is 281 g/mol. The molecular formula is C18H19NO2. The Labute approximate surface area is 124 Å². The predicted molar refractivity (Wildman–Crippen MR) is 83.0 cm³/mol. The van der Waals surface area contributed by atoms with Gasteiger partial charge in [0.05, 0.1) is 0 Å². The summed E-state index contributed by atoms with van der Waals surface area (Å²) in [5, 5.41) is 3.61. The molecule has 0 spiro atoms. The number of nitrogens with one attached hydrogen (secondary N) is 1. The molecule has 2 aromatic carbocycles. The van der Waals surface area contributed by atoms with Crippen LogP contribution in [0, 0.1) is 0 Å². The first kappa shape index (κ1) is 12.6. The normalized spacial score (nSPS) is 18.6. The van der Waals surface area contributed by atoms with Crippen LogP contribution in [0.2, 0.25) is 0 Å². The molecule has 1 heterocycles. The molecule has 3 heteroatoms. The van der Waals surface area contributed by atoms with Crippen molar-refractivity contribution in [2.45, 2.75) is 38.5 Å². The molecule has 21 heavy (non-hydrogen) atoms. The van der Waals surface area contributed by atoms with Crippen molar-refractivity contribution < 1.29 is 9.47 Å². The standard InChI is InChI=1S/C18H19NO2/c1-18(2)20-16-8-7-14(11-17(16)21-18)19-15-9-12-5-3-4-6-13(12)10-15/h3-8,11,15,19H,9-10H2,1-2H3. The lowest BCUT2D eigenvalue weighted by Gasteiger charge is -2.16. The molecule has 0 saturated heterocycles. The Morgan fingerprint density at radius 2 is 1.62 bits per heavy atom. The van der Waals surface area contributed by atoms with Crippen LogP contribution in [0.5, 0.6) is 11.5 Å². The number of hydrogen-bond acceptors (Lipinski definition) is 3. The van der Waals surface area contributed by atoms with Gasteiger partial charge < -0.3 is 14.8 Å². The fourth-order valence-electron chi connectivity index (χ4n) is 3.21. The largest absolute Gasteiger partial charge is 0.449 e. The lowest BCUT2D eigenvalue weighted by Crippen LogP contribution is -2.29. The molecule has 3 nitrogen and oxygen atoms in total. The molecule has 0 aromatic heterocycles. The van der Waals surface area contributed by atoms with Crippen molar-refractivity contribution in [2.75, 3.05) is 5.32 Å². The van der Waals surface area contributed by atoms with Gasteiger partial charge in [-0.2, -0.15) is 0 Å². The summed E-state index contributed by atoms with van der Waals surface area (Å²) in [6.07, 6.45) is 2.16. The second-order valence-corrected chi connectivity index (χ2v) is 6.28. The van der Waals surface area contributed by atoms with Crippen molar-refractivity contribution in [3.63, 3.8) is 0 Å². The summed E-state index contributed by atoms with van der Waals surface area (Å²) in [6, 6.07) is 15.2. The first-order chi connectivity index (χ1) is 10.1. The molecule has 0 amide bonds. The van der Waals surface area contributed by atoms with Gasteiger partial charge in [0.2, 0.25) is 5.79 Å². The smallest absolute Gasteiger partial charge is 0.246 e. The monoisotopic (exact) mass is 281 g/mol. The molecule has 2 aliphatic rings. The lowest BCUT2D eigenvalue weighted by atomic mass is 10.1. The minimum absolute atomic E-state index is 0.454. The van der Waals surface area contributed by atoms with E-state index in [1.807, 2.05) is 26.0 Å². The topological polar surface area (TPSA) is 30.5 Å². The highest BCUT2D eigenvalue weighted by Crippen LogP contribution is 2.41. The lowest BCUT2D eigenvalue weighted by molar-refractivity contribution is -0.0431. The minimum Gasteiger partial charge on any atom is -0.449 e. The third-order valence-electron chi connectivity index (χ3n) is 4.08. The molecule has 108 valence electrons. The van der Waals surface area contributed by atoms with E-state index in [-0.39, 0.29) is 0 Å². The van der Waals surface area contributed by atoms with Crippen LogP contribution in [0.4, 0.5) is 5.69 Å². The summed E-state index contributed by atoms with van der Waals surface area (Å²) in [6.45, 7) is 3.85. The first-order valence-electron chi connectivity index (χ1n) is 7.44. The maximum atomic E-state index is 5.80. The Balaban J connectivity index is 1.50. The third-order valence-corrected chi connectivity index (χ3v) is 4.08. The van der Waals surface area contributed by atoms with Crippen LogP contribution in [0.15, 0.2) is 42.5 Å². The first-order valence-corrected chi connectivity index (χ1v) is 7.44. The number of rotatable bonds is 2. The van der Waals surface area contributed by atoms with E-state index in [2.05, 4.69) is 35.6 Å². The Morgan fingerprint density at radius 3 is 2.33 bits per heavy atom. The van der Waals surface area contributed by atoms with Crippen molar-refractivity contribution in [3.8, 4) is 11.5 Å². The molecule has 0 saturated carbocycles. The van der Waals surface area contributed by atoms with E-state index >= 15 is 0 Å². The second kappa shape index (κ2) is 4.42. The summed E-state index contributed by atoms with van der Waals surface area (Å²) in [4.78, 5) is 0. The van der Waals surface area contributed by atoms with Crippen LogP contribution in [0.3, 0.4) is 0 Å². The zero-order valence-electron chi connectivity index (χ0n) is 12.3. The van der Waals surface area contributed by atoms with Gasteiger partial charge in [0.15, 0.2) is 11.5 Å². The molecule has 1 aliphatic carbocycles. The van der Waals surface area contributed by atoms with E-state index in [4.69, 9.17) is 9.47 Å². The van der Waals surface area contributed by atoms with Gasteiger partial charge in [0, 0.05) is 31.6 Å². The fraction of sp³-hybridized carbons (Fsp3) is 0.333. The maximum absolute atomic E-state index is 5.80. The van der Waals surface area contributed by atoms with Crippen molar-refractivity contribution in [2.24, 2.45) is 0 Å². The molecule has 0 fully saturated rings. The predicted octanol–water partition coefficient (Wildman–Crippen LogP) is 3.77. The van der Waals surface area contributed by atoms with Gasteiger partial charge >= 0.3 is 0 Å². The average Bonchev–Trinajstić information content (AvgIpc) is 2.96. The highest BCUT2D eigenvalue weighted by molar-refractivity contribution is 5.57. The summed E-state index contributed by atoms with van der Waals surface area (Å²) in [7, 11) is 0. The van der Waals surface area contributed by atoms with Crippen molar-refractivity contribution in [3.05, 3.63) is 53.6 Å². The van der Waals surface area contributed by atoms with Crippen molar-refractivity contribution >= 4 is 5.69 Å². The number of benzene rings is 2. The number of hydrogen-bond donors (Lipinski definition) is 1. The molecule has 0 atom stereocenters. The SMILES string of the molecule is CC1(C)Oc2ccc(NC3Cc4ccccc4C3)cc2O1.